The lowest BCUT2D eigenvalue weighted by atomic mass is 10.1. The van der Waals surface area contributed by atoms with Crippen LogP contribution < -0.4 is 10.1 Å². The lowest BCUT2D eigenvalue weighted by Crippen LogP contribution is -2.41. The van der Waals surface area contributed by atoms with E-state index in [0.29, 0.717) is 43.4 Å². The Kier molecular flexibility index (Phi) is 4.50. The van der Waals surface area contributed by atoms with Crippen LogP contribution in [0.1, 0.15) is 24.3 Å². The number of hydrogen-bond acceptors (Lipinski definition) is 7. The van der Waals surface area contributed by atoms with E-state index in [9.17, 15) is 4.79 Å². The largest absolute Gasteiger partial charge is 0.474 e. The van der Waals surface area contributed by atoms with Crippen molar-refractivity contribution in [1.82, 2.24) is 20.0 Å². The first-order chi connectivity index (χ1) is 11.5. The fraction of sp³-hybridized carbons (Fsp3) is 0.467. The number of amides is 1. The summed E-state index contributed by atoms with van der Waals surface area (Å²) < 4.78 is 11.0. The van der Waals surface area contributed by atoms with Crippen molar-refractivity contribution in [3.05, 3.63) is 23.8 Å². The standard InChI is InChI=1S/C15H19N5O4/c1-9-14(10(2)24-19-9)18-12-7-13(17-8-16-12)23-11-3-5-20(6-4-11)15(21)22/h7-8,11H,3-6H2,1-2H3,(H,21,22)(H,16,17,18). The molecule has 3 heterocycles. The Bertz CT molecular complexity index is 705. The number of carboxylic acid groups (broad SMARTS) is 1. The first-order valence-electron chi connectivity index (χ1n) is 7.69. The molecule has 0 unspecified atom stereocenters. The van der Waals surface area contributed by atoms with Crippen LogP contribution in [0.3, 0.4) is 0 Å². The predicted molar refractivity (Wildman–Crippen MR) is 84.5 cm³/mol. The minimum absolute atomic E-state index is 0.0533. The van der Waals surface area contributed by atoms with Gasteiger partial charge in [-0.3, -0.25) is 0 Å². The van der Waals surface area contributed by atoms with Gasteiger partial charge in [0.1, 0.15) is 29.6 Å². The first kappa shape index (κ1) is 16.0. The number of nitrogens with one attached hydrogen (secondary N) is 1. The van der Waals surface area contributed by atoms with Gasteiger partial charge in [-0.05, 0) is 13.8 Å². The van der Waals surface area contributed by atoms with Crippen LogP contribution in [0.2, 0.25) is 0 Å². The van der Waals surface area contributed by atoms with Crippen molar-refractivity contribution in [2.24, 2.45) is 0 Å². The number of anilines is 2. The van der Waals surface area contributed by atoms with Crippen LogP contribution in [0.5, 0.6) is 5.88 Å². The lowest BCUT2D eigenvalue weighted by molar-refractivity contribution is 0.0870. The van der Waals surface area contributed by atoms with Gasteiger partial charge in [-0.25, -0.2) is 14.8 Å². The predicted octanol–water partition coefficient (Wildman–Crippen LogP) is 2.35. The van der Waals surface area contributed by atoms with E-state index >= 15 is 0 Å². The quantitative estimate of drug-likeness (QED) is 0.876. The van der Waals surface area contributed by atoms with Crippen molar-refractivity contribution in [3.63, 3.8) is 0 Å². The van der Waals surface area contributed by atoms with E-state index < -0.39 is 6.09 Å². The normalized spacial score (nSPS) is 15.3. The van der Waals surface area contributed by atoms with Crippen LogP contribution in [-0.4, -0.2) is 50.4 Å². The van der Waals surface area contributed by atoms with E-state index in [1.54, 1.807) is 6.07 Å². The van der Waals surface area contributed by atoms with Crippen molar-refractivity contribution in [1.29, 1.82) is 0 Å². The van der Waals surface area contributed by atoms with Crippen molar-refractivity contribution in [3.8, 4) is 5.88 Å². The third-order valence-corrected chi connectivity index (χ3v) is 3.93. The maximum atomic E-state index is 10.9. The lowest BCUT2D eigenvalue weighted by Gasteiger charge is -2.29. The van der Waals surface area contributed by atoms with Gasteiger partial charge in [-0.1, -0.05) is 5.16 Å². The van der Waals surface area contributed by atoms with E-state index in [4.69, 9.17) is 14.4 Å². The Balaban J connectivity index is 1.63. The molecule has 1 amide bonds. The van der Waals surface area contributed by atoms with Crippen LogP contribution in [0.4, 0.5) is 16.3 Å². The summed E-state index contributed by atoms with van der Waals surface area (Å²) in [5, 5.41) is 16.0. The van der Waals surface area contributed by atoms with Crippen LogP contribution in [0.25, 0.3) is 0 Å². The van der Waals surface area contributed by atoms with Gasteiger partial charge in [0.05, 0.1) is 0 Å². The molecule has 24 heavy (non-hydrogen) atoms. The maximum absolute atomic E-state index is 10.9. The number of carbonyl (C=O) groups is 1. The summed E-state index contributed by atoms with van der Waals surface area (Å²) in [5.74, 6) is 1.71. The molecule has 0 aliphatic carbocycles. The average Bonchev–Trinajstić information content (AvgIpc) is 2.88. The third-order valence-electron chi connectivity index (χ3n) is 3.93. The third kappa shape index (κ3) is 3.55. The molecule has 1 aliphatic heterocycles. The SMILES string of the molecule is Cc1noc(C)c1Nc1cc(OC2CCN(C(=O)O)CC2)ncn1. The number of aromatic nitrogens is 3. The van der Waals surface area contributed by atoms with Crippen LogP contribution in [0, 0.1) is 13.8 Å². The van der Waals surface area contributed by atoms with E-state index in [1.807, 2.05) is 13.8 Å². The summed E-state index contributed by atoms with van der Waals surface area (Å²) in [6.45, 7) is 4.59. The minimum Gasteiger partial charge on any atom is -0.474 e. The fourth-order valence-corrected chi connectivity index (χ4v) is 2.60. The molecule has 9 heteroatoms. The number of nitrogens with zero attached hydrogens (tertiary/aromatic N) is 4. The molecule has 1 saturated heterocycles. The van der Waals surface area contributed by atoms with Crippen molar-refractivity contribution in [2.45, 2.75) is 32.8 Å². The molecule has 0 radical (unpaired) electrons. The van der Waals surface area contributed by atoms with Gasteiger partial charge in [0.2, 0.25) is 5.88 Å². The van der Waals surface area contributed by atoms with Gasteiger partial charge in [0.15, 0.2) is 5.76 Å². The minimum atomic E-state index is -0.888. The summed E-state index contributed by atoms with van der Waals surface area (Å²) in [4.78, 5) is 20.6. The summed E-state index contributed by atoms with van der Waals surface area (Å²) in [5.41, 5.74) is 1.52. The molecular formula is C15H19N5O4. The number of rotatable bonds is 4. The highest BCUT2D eigenvalue weighted by Gasteiger charge is 2.23. The second kappa shape index (κ2) is 6.73. The zero-order valence-electron chi connectivity index (χ0n) is 13.5. The van der Waals surface area contributed by atoms with Gasteiger partial charge in [-0.15, -0.1) is 0 Å². The summed E-state index contributed by atoms with van der Waals surface area (Å²) in [6, 6.07) is 1.70. The van der Waals surface area contributed by atoms with Gasteiger partial charge in [0, 0.05) is 32.0 Å². The van der Waals surface area contributed by atoms with Gasteiger partial charge >= 0.3 is 6.09 Å². The molecule has 1 aliphatic rings. The Hall–Kier alpha value is -2.84. The summed E-state index contributed by atoms with van der Waals surface area (Å²) in [6.07, 6.45) is 1.76. The Labute approximate surface area is 138 Å². The molecule has 2 aromatic heterocycles. The molecule has 0 atom stereocenters. The van der Waals surface area contributed by atoms with Gasteiger partial charge in [0.25, 0.3) is 0 Å². The molecule has 0 aromatic carbocycles. The Morgan fingerprint density at radius 1 is 1.38 bits per heavy atom. The van der Waals surface area contributed by atoms with E-state index in [1.165, 1.54) is 11.2 Å². The number of likely N-dealkylation sites (tertiary alicyclic amines) is 1. The van der Waals surface area contributed by atoms with Crippen LogP contribution >= 0.6 is 0 Å². The molecule has 0 bridgehead atoms. The summed E-state index contributed by atoms with van der Waals surface area (Å²) in [7, 11) is 0. The zero-order valence-corrected chi connectivity index (χ0v) is 13.5. The monoisotopic (exact) mass is 333 g/mol. The van der Waals surface area contributed by atoms with E-state index in [-0.39, 0.29) is 6.10 Å². The molecule has 1 fully saturated rings. The van der Waals surface area contributed by atoms with Crippen LogP contribution in [0.15, 0.2) is 16.9 Å². The number of ether oxygens (including phenoxy) is 1. The van der Waals surface area contributed by atoms with Crippen LogP contribution in [-0.2, 0) is 0 Å². The van der Waals surface area contributed by atoms with Crippen molar-refractivity contribution >= 4 is 17.6 Å². The molecule has 9 nitrogen and oxygen atoms in total. The Morgan fingerprint density at radius 2 is 2.12 bits per heavy atom. The average molecular weight is 333 g/mol. The maximum Gasteiger partial charge on any atom is 0.407 e. The first-order valence-corrected chi connectivity index (χ1v) is 7.69. The molecule has 3 rings (SSSR count). The van der Waals surface area contributed by atoms with E-state index in [2.05, 4.69) is 20.4 Å². The molecule has 2 aromatic rings. The second-order valence-corrected chi connectivity index (χ2v) is 5.65. The second-order valence-electron chi connectivity index (χ2n) is 5.65. The molecule has 128 valence electrons. The number of hydrogen-bond donors (Lipinski definition) is 2. The number of aryl methyl sites for hydroxylation is 2. The molecule has 0 saturated carbocycles. The highest BCUT2D eigenvalue weighted by molar-refractivity contribution is 5.65. The van der Waals surface area contributed by atoms with Gasteiger partial charge < -0.3 is 24.6 Å². The van der Waals surface area contributed by atoms with Gasteiger partial charge in [-0.2, -0.15) is 0 Å². The highest BCUT2D eigenvalue weighted by atomic mass is 16.5. The topological polar surface area (TPSA) is 114 Å². The smallest absolute Gasteiger partial charge is 0.407 e. The van der Waals surface area contributed by atoms with E-state index in [0.717, 1.165) is 11.4 Å². The highest BCUT2D eigenvalue weighted by Crippen LogP contribution is 2.25. The summed E-state index contributed by atoms with van der Waals surface area (Å²) >= 11 is 0. The Morgan fingerprint density at radius 3 is 2.75 bits per heavy atom. The molecule has 0 spiro atoms. The zero-order chi connectivity index (χ0) is 17.1. The fourth-order valence-electron chi connectivity index (χ4n) is 2.60. The molecule has 2 N–H and O–H groups in total. The van der Waals surface area contributed by atoms with Crippen molar-refractivity contribution in [2.75, 3.05) is 18.4 Å². The molecular weight excluding hydrogens is 314 g/mol. The number of piperidine rings is 1. The van der Waals surface area contributed by atoms with Crippen molar-refractivity contribution < 1.29 is 19.2 Å².